The van der Waals surface area contributed by atoms with Crippen LogP contribution in [-0.4, -0.2) is 18.3 Å². The first-order valence-corrected chi connectivity index (χ1v) is 7.62. The highest BCUT2D eigenvalue weighted by Crippen LogP contribution is 2.26. The molecule has 0 saturated carbocycles. The maximum Gasteiger partial charge on any atom is 0.237 e. The number of amides is 1. The summed E-state index contributed by atoms with van der Waals surface area (Å²) in [4.78, 5) is 13.2. The van der Waals surface area contributed by atoms with Crippen molar-refractivity contribution in [2.24, 2.45) is 0 Å². The molecule has 2 aromatic carbocycles. The average molecular weight is 312 g/mol. The van der Waals surface area contributed by atoms with Crippen LogP contribution in [0.3, 0.4) is 0 Å². The normalized spacial score (nSPS) is 11.3. The van der Waals surface area contributed by atoms with E-state index in [1.165, 1.54) is 11.8 Å². The zero-order valence-electron chi connectivity index (χ0n) is 12.4. The van der Waals surface area contributed by atoms with Crippen LogP contribution >= 0.6 is 11.8 Å². The Bertz CT molecular complexity index is 693. The van der Waals surface area contributed by atoms with Crippen molar-refractivity contribution in [2.45, 2.75) is 17.1 Å². The molecule has 2 rings (SSSR count). The quantitative estimate of drug-likeness (QED) is 0.855. The second-order valence-electron chi connectivity index (χ2n) is 4.58. The fraction of sp³-hybridized carbons (Fsp3) is 0.176. The molecular weight excluding hydrogens is 296 g/mol. The lowest BCUT2D eigenvalue weighted by Crippen LogP contribution is -2.22. The summed E-state index contributed by atoms with van der Waals surface area (Å²) in [6.45, 7) is 1.83. The summed E-state index contributed by atoms with van der Waals surface area (Å²) >= 11 is 1.45. The summed E-state index contributed by atoms with van der Waals surface area (Å²) in [7, 11) is 1.62. The van der Waals surface area contributed by atoms with Crippen LogP contribution in [0.2, 0.25) is 0 Å². The number of benzene rings is 2. The van der Waals surface area contributed by atoms with Crippen molar-refractivity contribution in [3.8, 4) is 11.8 Å². The molecule has 0 aromatic heterocycles. The highest BCUT2D eigenvalue weighted by molar-refractivity contribution is 8.00. The van der Waals surface area contributed by atoms with E-state index >= 15 is 0 Å². The number of nitrogens with one attached hydrogen (secondary N) is 1. The van der Waals surface area contributed by atoms with Crippen LogP contribution in [0.1, 0.15) is 12.5 Å². The smallest absolute Gasteiger partial charge is 0.237 e. The average Bonchev–Trinajstić information content (AvgIpc) is 2.56. The van der Waals surface area contributed by atoms with Gasteiger partial charge in [0, 0.05) is 4.90 Å². The van der Waals surface area contributed by atoms with E-state index < -0.39 is 0 Å². The van der Waals surface area contributed by atoms with Gasteiger partial charge in [0.15, 0.2) is 0 Å². The predicted octanol–water partition coefficient (Wildman–Crippen LogP) is 3.69. The zero-order valence-corrected chi connectivity index (χ0v) is 13.2. The Kier molecular flexibility index (Phi) is 5.45. The van der Waals surface area contributed by atoms with Crippen molar-refractivity contribution in [2.75, 3.05) is 12.4 Å². The number of anilines is 1. The van der Waals surface area contributed by atoms with Crippen LogP contribution < -0.4 is 10.1 Å². The van der Waals surface area contributed by atoms with Crippen molar-refractivity contribution in [1.29, 1.82) is 5.26 Å². The molecule has 0 saturated heterocycles. The van der Waals surface area contributed by atoms with Crippen molar-refractivity contribution >= 4 is 23.4 Å². The molecular formula is C17H16N2O2S. The van der Waals surface area contributed by atoms with Crippen LogP contribution in [0.15, 0.2) is 53.4 Å². The van der Waals surface area contributed by atoms with Crippen LogP contribution in [0, 0.1) is 11.3 Å². The molecule has 0 heterocycles. The van der Waals surface area contributed by atoms with Gasteiger partial charge in [-0.1, -0.05) is 12.1 Å². The number of hydrogen-bond acceptors (Lipinski definition) is 4. The molecule has 1 N–H and O–H groups in total. The molecule has 1 atom stereocenters. The number of hydrogen-bond donors (Lipinski definition) is 1. The molecule has 0 unspecified atom stereocenters. The van der Waals surface area contributed by atoms with Crippen molar-refractivity contribution < 1.29 is 9.53 Å². The van der Waals surface area contributed by atoms with Gasteiger partial charge in [-0.25, -0.2) is 0 Å². The number of nitrogens with zero attached hydrogens (tertiary/aromatic N) is 1. The fourth-order valence-corrected chi connectivity index (χ4v) is 2.70. The van der Waals surface area contributed by atoms with Gasteiger partial charge < -0.3 is 10.1 Å². The number of rotatable bonds is 5. The van der Waals surface area contributed by atoms with Gasteiger partial charge in [-0.3, -0.25) is 4.79 Å². The van der Waals surface area contributed by atoms with Crippen molar-refractivity contribution in [1.82, 2.24) is 0 Å². The summed E-state index contributed by atoms with van der Waals surface area (Å²) in [5.74, 6) is 0.646. The molecule has 0 spiro atoms. The van der Waals surface area contributed by atoms with Gasteiger partial charge in [0.2, 0.25) is 5.91 Å². The minimum atomic E-state index is -0.278. The Balaban J connectivity index is 2.01. The first-order chi connectivity index (χ1) is 10.6. The van der Waals surface area contributed by atoms with Gasteiger partial charge in [0.25, 0.3) is 0 Å². The second kappa shape index (κ2) is 7.53. The highest BCUT2D eigenvalue weighted by Gasteiger charge is 2.15. The maximum absolute atomic E-state index is 12.2. The lowest BCUT2D eigenvalue weighted by molar-refractivity contribution is -0.115. The number of para-hydroxylation sites is 1. The summed E-state index contributed by atoms with van der Waals surface area (Å²) in [5, 5.41) is 11.6. The van der Waals surface area contributed by atoms with Crippen molar-refractivity contribution in [3.05, 3.63) is 54.1 Å². The van der Waals surface area contributed by atoms with Gasteiger partial charge in [0.05, 0.1) is 23.6 Å². The Morgan fingerprint density at radius 2 is 1.91 bits per heavy atom. The lowest BCUT2D eigenvalue weighted by Gasteiger charge is -2.13. The van der Waals surface area contributed by atoms with Crippen molar-refractivity contribution in [3.63, 3.8) is 0 Å². The summed E-state index contributed by atoms with van der Waals surface area (Å²) in [6, 6.07) is 16.6. The minimum absolute atomic E-state index is 0.136. The minimum Gasteiger partial charge on any atom is -0.497 e. The predicted molar refractivity (Wildman–Crippen MR) is 88.1 cm³/mol. The SMILES string of the molecule is COc1ccc(S[C@@H](C)C(=O)Nc2ccccc2C#N)cc1. The van der Waals surface area contributed by atoms with Crippen LogP contribution in [0.4, 0.5) is 5.69 Å². The molecule has 0 radical (unpaired) electrons. The van der Waals surface area contributed by atoms with E-state index in [2.05, 4.69) is 11.4 Å². The van der Waals surface area contributed by atoms with Gasteiger partial charge in [0.1, 0.15) is 11.8 Å². The molecule has 1 amide bonds. The molecule has 112 valence electrons. The molecule has 0 aliphatic rings. The van der Waals surface area contributed by atoms with E-state index in [9.17, 15) is 4.79 Å². The zero-order chi connectivity index (χ0) is 15.9. The topological polar surface area (TPSA) is 62.1 Å². The van der Waals surface area contributed by atoms with E-state index in [1.54, 1.807) is 31.4 Å². The Morgan fingerprint density at radius 1 is 1.23 bits per heavy atom. The standard InChI is InChI=1S/C17H16N2O2S/c1-12(22-15-9-7-14(21-2)8-10-15)17(20)19-16-6-4-3-5-13(16)11-18/h3-10,12H,1-2H3,(H,19,20)/t12-/m0/s1. The van der Waals surface area contributed by atoms with Gasteiger partial charge in [-0.15, -0.1) is 11.8 Å². The van der Waals surface area contributed by atoms with Crippen LogP contribution in [0.25, 0.3) is 0 Å². The van der Waals surface area contributed by atoms with E-state index in [-0.39, 0.29) is 11.2 Å². The van der Waals surface area contributed by atoms with E-state index in [0.717, 1.165) is 10.6 Å². The van der Waals surface area contributed by atoms with Gasteiger partial charge in [-0.2, -0.15) is 5.26 Å². The Morgan fingerprint density at radius 3 is 2.55 bits per heavy atom. The third-order valence-corrected chi connectivity index (χ3v) is 4.16. The maximum atomic E-state index is 12.2. The summed E-state index contributed by atoms with van der Waals surface area (Å²) in [5.41, 5.74) is 0.995. The third-order valence-electron chi connectivity index (χ3n) is 3.05. The van der Waals surface area contributed by atoms with E-state index in [4.69, 9.17) is 10.00 Å². The molecule has 4 nitrogen and oxygen atoms in total. The number of ether oxygens (including phenoxy) is 1. The molecule has 0 fully saturated rings. The first-order valence-electron chi connectivity index (χ1n) is 6.74. The van der Waals surface area contributed by atoms with E-state index in [1.807, 2.05) is 31.2 Å². The third kappa shape index (κ3) is 4.03. The number of methoxy groups -OCH3 is 1. The Labute approximate surface area is 134 Å². The van der Waals surface area contributed by atoms with Crippen LogP contribution in [0.5, 0.6) is 5.75 Å². The Hall–Kier alpha value is -2.45. The fourth-order valence-electron chi connectivity index (χ4n) is 1.84. The molecule has 0 aliphatic heterocycles. The largest absolute Gasteiger partial charge is 0.497 e. The number of nitriles is 1. The number of carbonyl (C=O) groups excluding carboxylic acids is 1. The molecule has 2 aromatic rings. The summed E-state index contributed by atoms with van der Waals surface area (Å²) in [6.07, 6.45) is 0. The van der Waals surface area contributed by atoms with Crippen LogP contribution in [-0.2, 0) is 4.79 Å². The number of carbonyl (C=O) groups is 1. The molecule has 5 heteroatoms. The monoisotopic (exact) mass is 312 g/mol. The number of thioether (sulfide) groups is 1. The molecule has 0 aliphatic carbocycles. The van der Waals surface area contributed by atoms with Gasteiger partial charge in [-0.05, 0) is 43.3 Å². The van der Waals surface area contributed by atoms with Gasteiger partial charge >= 0.3 is 0 Å². The summed E-state index contributed by atoms with van der Waals surface area (Å²) < 4.78 is 5.11. The molecule has 22 heavy (non-hydrogen) atoms. The first kappa shape index (κ1) is 15.9. The lowest BCUT2D eigenvalue weighted by atomic mass is 10.2. The highest BCUT2D eigenvalue weighted by atomic mass is 32.2. The molecule has 0 bridgehead atoms. The van der Waals surface area contributed by atoms with E-state index in [0.29, 0.717) is 11.3 Å². The second-order valence-corrected chi connectivity index (χ2v) is 6.00.